The summed E-state index contributed by atoms with van der Waals surface area (Å²) in [5.74, 6) is 0. The highest BCUT2D eigenvalue weighted by Crippen LogP contribution is 2.31. The van der Waals surface area contributed by atoms with E-state index < -0.39 is 0 Å². The summed E-state index contributed by atoms with van der Waals surface area (Å²) in [6, 6.07) is 8.74. The number of aryl methyl sites for hydroxylation is 1. The molecular formula is C12H12BrNS. The van der Waals surface area contributed by atoms with Crippen molar-refractivity contribution in [3.8, 4) is 10.4 Å². The molecule has 0 atom stereocenters. The van der Waals surface area contributed by atoms with E-state index in [-0.39, 0.29) is 0 Å². The number of halogens is 1. The van der Waals surface area contributed by atoms with Crippen LogP contribution in [0.4, 0.5) is 0 Å². The van der Waals surface area contributed by atoms with Crippen molar-refractivity contribution in [3.63, 3.8) is 0 Å². The van der Waals surface area contributed by atoms with Crippen LogP contribution in [0.1, 0.15) is 18.9 Å². The third kappa shape index (κ3) is 2.47. The topological polar surface area (TPSA) is 12.9 Å². The van der Waals surface area contributed by atoms with E-state index in [9.17, 15) is 0 Å². The number of benzene rings is 1. The Morgan fingerprint density at radius 2 is 2.00 bits per heavy atom. The minimum Gasteiger partial charge on any atom is -0.237 e. The fraction of sp³-hybridized carbons (Fsp3) is 0.250. The summed E-state index contributed by atoms with van der Waals surface area (Å²) in [5, 5.41) is 0. The molecule has 0 bridgehead atoms. The van der Waals surface area contributed by atoms with Crippen molar-refractivity contribution >= 4 is 27.3 Å². The molecule has 0 fully saturated rings. The Hall–Kier alpha value is -0.670. The first-order valence-corrected chi connectivity index (χ1v) is 6.67. The lowest BCUT2D eigenvalue weighted by Gasteiger charge is -2.01. The molecule has 0 N–H and O–H groups in total. The van der Waals surface area contributed by atoms with Crippen LogP contribution in [0, 0.1) is 0 Å². The molecule has 1 nitrogen and oxygen atoms in total. The van der Waals surface area contributed by atoms with Crippen molar-refractivity contribution in [2.24, 2.45) is 0 Å². The first kappa shape index (κ1) is 10.8. The molecule has 0 aliphatic rings. The Morgan fingerprint density at radius 1 is 1.27 bits per heavy atom. The van der Waals surface area contributed by atoms with E-state index in [1.54, 1.807) is 11.3 Å². The molecule has 2 rings (SSSR count). The van der Waals surface area contributed by atoms with Crippen molar-refractivity contribution < 1.29 is 0 Å². The van der Waals surface area contributed by atoms with Gasteiger partial charge < -0.3 is 0 Å². The minimum absolute atomic E-state index is 0.941. The largest absolute Gasteiger partial charge is 0.237 e. The van der Waals surface area contributed by atoms with E-state index in [0.29, 0.717) is 0 Å². The third-order valence-electron chi connectivity index (χ3n) is 2.28. The second-order valence-electron chi connectivity index (χ2n) is 3.42. The lowest BCUT2D eigenvalue weighted by atomic mass is 10.1. The lowest BCUT2D eigenvalue weighted by molar-refractivity contribution is 0.922. The highest BCUT2D eigenvalue weighted by atomic mass is 79.9. The molecule has 1 heterocycles. The zero-order valence-electron chi connectivity index (χ0n) is 8.53. The van der Waals surface area contributed by atoms with Crippen LogP contribution in [0.5, 0.6) is 0 Å². The average Bonchev–Trinajstić information content (AvgIpc) is 2.66. The molecular weight excluding hydrogens is 270 g/mol. The van der Waals surface area contributed by atoms with Crippen LogP contribution in [-0.4, -0.2) is 4.98 Å². The Balaban J connectivity index is 2.28. The smallest absolute Gasteiger partial charge is 0.124 e. The van der Waals surface area contributed by atoms with Gasteiger partial charge in [-0.15, -0.1) is 11.3 Å². The Kier molecular flexibility index (Phi) is 3.54. The van der Waals surface area contributed by atoms with Crippen LogP contribution in [0.3, 0.4) is 0 Å². The molecule has 0 radical (unpaired) electrons. The van der Waals surface area contributed by atoms with Crippen molar-refractivity contribution in [2.45, 2.75) is 19.8 Å². The molecule has 78 valence electrons. The SMILES string of the molecule is CCCc1ccc(-c2scnc2Br)cc1. The fourth-order valence-corrected chi connectivity index (χ4v) is 2.96. The molecule has 0 saturated carbocycles. The summed E-state index contributed by atoms with van der Waals surface area (Å²) >= 11 is 5.12. The molecule has 0 unspecified atom stereocenters. The predicted octanol–water partition coefficient (Wildman–Crippen LogP) is 4.53. The number of hydrogen-bond donors (Lipinski definition) is 0. The second kappa shape index (κ2) is 4.90. The van der Waals surface area contributed by atoms with E-state index in [2.05, 4.69) is 52.1 Å². The van der Waals surface area contributed by atoms with Crippen molar-refractivity contribution in [1.29, 1.82) is 0 Å². The van der Waals surface area contributed by atoms with Crippen LogP contribution >= 0.6 is 27.3 Å². The number of hydrogen-bond acceptors (Lipinski definition) is 2. The summed E-state index contributed by atoms with van der Waals surface area (Å²) < 4.78 is 0.941. The van der Waals surface area contributed by atoms with Crippen molar-refractivity contribution in [3.05, 3.63) is 39.9 Å². The fourth-order valence-electron chi connectivity index (χ4n) is 1.53. The van der Waals surface area contributed by atoms with Gasteiger partial charge in [0, 0.05) is 0 Å². The third-order valence-corrected chi connectivity index (χ3v) is 4.02. The summed E-state index contributed by atoms with van der Waals surface area (Å²) in [6.07, 6.45) is 2.35. The number of aromatic nitrogens is 1. The zero-order chi connectivity index (χ0) is 10.7. The van der Waals surface area contributed by atoms with Gasteiger partial charge in [-0.3, -0.25) is 0 Å². The Bertz CT molecular complexity index is 433. The van der Waals surface area contributed by atoms with Crippen LogP contribution in [0.2, 0.25) is 0 Å². The first-order valence-electron chi connectivity index (χ1n) is 4.99. The van der Waals surface area contributed by atoms with Crippen LogP contribution < -0.4 is 0 Å². The van der Waals surface area contributed by atoms with Gasteiger partial charge in [0.05, 0.1) is 10.4 Å². The Morgan fingerprint density at radius 3 is 2.53 bits per heavy atom. The maximum atomic E-state index is 4.19. The molecule has 0 saturated heterocycles. The van der Waals surface area contributed by atoms with Gasteiger partial charge in [0.1, 0.15) is 4.60 Å². The molecule has 15 heavy (non-hydrogen) atoms. The molecule has 0 spiro atoms. The average molecular weight is 282 g/mol. The molecule has 1 aromatic heterocycles. The highest BCUT2D eigenvalue weighted by Gasteiger charge is 2.05. The predicted molar refractivity (Wildman–Crippen MR) is 69.2 cm³/mol. The number of nitrogens with zero attached hydrogens (tertiary/aromatic N) is 1. The lowest BCUT2D eigenvalue weighted by Crippen LogP contribution is -1.82. The molecule has 0 amide bonds. The standard InChI is InChI=1S/C12H12BrNS/c1-2-3-9-4-6-10(7-5-9)11-12(13)14-8-15-11/h4-8H,2-3H2,1H3. The van der Waals surface area contributed by atoms with Gasteiger partial charge in [-0.1, -0.05) is 37.6 Å². The van der Waals surface area contributed by atoms with Gasteiger partial charge in [-0.25, -0.2) is 4.98 Å². The van der Waals surface area contributed by atoms with E-state index in [1.165, 1.54) is 22.4 Å². The molecule has 0 aliphatic heterocycles. The van der Waals surface area contributed by atoms with Crippen LogP contribution in [0.25, 0.3) is 10.4 Å². The maximum absolute atomic E-state index is 4.19. The van der Waals surface area contributed by atoms with Gasteiger partial charge in [-0.05, 0) is 33.5 Å². The highest BCUT2D eigenvalue weighted by molar-refractivity contribution is 9.10. The zero-order valence-corrected chi connectivity index (χ0v) is 10.9. The van der Waals surface area contributed by atoms with Crippen molar-refractivity contribution in [2.75, 3.05) is 0 Å². The summed E-state index contributed by atoms with van der Waals surface area (Å²) in [6.45, 7) is 2.20. The van der Waals surface area contributed by atoms with Gasteiger partial charge in [0.15, 0.2) is 0 Å². The van der Waals surface area contributed by atoms with Gasteiger partial charge in [0.2, 0.25) is 0 Å². The van der Waals surface area contributed by atoms with Crippen LogP contribution in [-0.2, 0) is 6.42 Å². The maximum Gasteiger partial charge on any atom is 0.124 e. The van der Waals surface area contributed by atoms with Crippen LogP contribution in [0.15, 0.2) is 34.4 Å². The normalized spacial score (nSPS) is 10.5. The minimum atomic E-state index is 0.941. The van der Waals surface area contributed by atoms with Gasteiger partial charge in [-0.2, -0.15) is 0 Å². The molecule has 1 aromatic carbocycles. The summed E-state index contributed by atoms with van der Waals surface area (Å²) in [4.78, 5) is 5.39. The monoisotopic (exact) mass is 281 g/mol. The number of rotatable bonds is 3. The van der Waals surface area contributed by atoms with E-state index in [4.69, 9.17) is 0 Å². The number of thiazole rings is 1. The summed E-state index contributed by atoms with van der Waals surface area (Å²) in [7, 11) is 0. The van der Waals surface area contributed by atoms with Gasteiger partial charge in [0.25, 0.3) is 0 Å². The second-order valence-corrected chi connectivity index (χ2v) is 5.03. The van der Waals surface area contributed by atoms with E-state index in [0.717, 1.165) is 11.0 Å². The van der Waals surface area contributed by atoms with E-state index in [1.807, 2.05) is 5.51 Å². The van der Waals surface area contributed by atoms with Gasteiger partial charge >= 0.3 is 0 Å². The Labute approximate surface area is 102 Å². The molecule has 0 aliphatic carbocycles. The van der Waals surface area contributed by atoms with E-state index >= 15 is 0 Å². The molecule has 3 heteroatoms. The van der Waals surface area contributed by atoms with Crippen molar-refractivity contribution in [1.82, 2.24) is 4.98 Å². The quantitative estimate of drug-likeness (QED) is 0.806. The molecule has 2 aromatic rings. The first-order chi connectivity index (χ1) is 7.31. The summed E-state index contributed by atoms with van der Waals surface area (Å²) in [5.41, 5.74) is 4.51.